The minimum atomic E-state index is 0.193. The number of ketones is 1. The number of carbonyl (C=O) groups is 1. The third-order valence-corrected chi connectivity index (χ3v) is 3.07. The van der Waals surface area contributed by atoms with Gasteiger partial charge in [0.05, 0.1) is 6.20 Å². The van der Waals surface area contributed by atoms with Crippen LogP contribution in [0.1, 0.15) is 30.1 Å². The van der Waals surface area contributed by atoms with Crippen molar-refractivity contribution in [1.82, 2.24) is 9.38 Å². The Kier molecular flexibility index (Phi) is 3.04. The normalized spacial score (nSPS) is 10.8. The summed E-state index contributed by atoms with van der Waals surface area (Å²) in [7, 11) is 0. The zero-order valence-electron chi connectivity index (χ0n) is 8.40. The highest BCUT2D eigenvalue weighted by molar-refractivity contribution is 14.1. The van der Waals surface area contributed by atoms with Gasteiger partial charge in [0.1, 0.15) is 9.35 Å². The summed E-state index contributed by atoms with van der Waals surface area (Å²) in [5, 5.41) is 0. The molecule has 15 heavy (non-hydrogen) atoms. The minimum absolute atomic E-state index is 0.193. The first-order valence-electron chi connectivity index (χ1n) is 4.88. The maximum Gasteiger partial charge on any atom is 0.163 e. The molecule has 0 fully saturated rings. The Balaban J connectivity index is 2.43. The molecular weight excluding hydrogens is 303 g/mol. The SMILES string of the molecule is CCCC(=O)c1ccn2c(I)cnc2c1. The van der Waals surface area contributed by atoms with Crippen LogP contribution in [0, 0.1) is 3.70 Å². The molecule has 2 rings (SSSR count). The average molecular weight is 314 g/mol. The molecule has 0 bridgehead atoms. The van der Waals surface area contributed by atoms with Gasteiger partial charge >= 0.3 is 0 Å². The van der Waals surface area contributed by atoms with E-state index in [1.807, 2.05) is 29.7 Å². The molecule has 0 aliphatic heterocycles. The van der Waals surface area contributed by atoms with Crippen molar-refractivity contribution in [3.8, 4) is 0 Å². The Morgan fingerprint density at radius 2 is 2.40 bits per heavy atom. The smallest absolute Gasteiger partial charge is 0.163 e. The second-order valence-corrected chi connectivity index (χ2v) is 4.50. The molecule has 0 aliphatic rings. The highest BCUT2D eigenvalue weighted by atomic mass is 127. The van der Waals surface area contributed by atoms with Gasteiger partial charge in [-0.05, 0) is 41.1 Å². The monoisotopic (exact) mass is 314 g/mol. The van der Waals surface area contributed by atoms with Gasteiger partial charge in [-0.2, -0.15) is 0 Å². The van der Waals surface area contributed by atoms with Crippen LogP contribution in [0.5, 0.6) is 0 Å². The summed E-state index contributed by atoms with van der Waals surface area (Å²) in [6.07, 6.45) is 5.18. The summed E-state index contributed by atoms with van der Waals surface area (Å²) < 4.78 is 3.01. The molecule has 3 nitrogen and oxygen atoms in total. The molecule has 0 amide bonds. The summed E-state index contributed by atoms with van der Waals surface area (Å²) in [6.45, 7) is 2.01. The third kappa shape index (κ3) is 2.04. The molecule has 4 heteroatoms. The fourth-order valence-corrected chi connectivity index (χ4v) is 2.04. The maximum absolute atomic E-state index is 11.7. The van der Waals surface area contributed by atoms with Crippen LogP contribution in [-0.4, -0.2) is 15.2 Å². The van der Waals surface area contributed by atoms with E-state index in [1.54, 1.807) is 6.20 Å². The quantitative estimate of drug-likeness (QED) is 0.645. The molecule has 0 aromatic carbocycles. The summed E-state index contributed by atoms with van der Waals surface area (Å²) in [6, 6.07) is 3.70. The second-order valence-electron chi connectivity index (χ2n) is 3.40. The number of hydrogen-bond acceptors (Lipinski definition) is 2. The van der Waals surface area contributed by atoms with Crippen molar-refractivity contribution in [3.63, 3.8) is 0 Å². The molecule has 2 aromatic heterocycles. The predicted molar refractivity (Wildman–Crippen MR) is 67.1 cm³/mol. The van der Waals surface area contributed by atoms with Gasteiger partial charge in [0, 0.05) is 18.2 Å². The van der Waals surface area contributed by atoms with Gasteiger partial charge in [-0.1, -0.05) is 6.92 Å². The Morgan fingerprint density at radius 3 is 3.13 bits per heavy atom. The van der Waals surface area contributed by atoms with E-state index in [9.17, 15) is 4.79 Å². The molecule has 0 saturated carbocycles. The van der Waals surface area contributed by atoms with Crippen molar-refractivity contribution in [3.05, 3.63) is 33.8 Å². The summed E-state index contributed by atoms with van der Waals surface area (Å²) >= 11 is 2.21. The molecule has 0 saturated heterocycles. The zero-order chi connectivity index (χ0) is 10.8. The number of hydrogen-bond donors (Lipinski definition) is 0. The fourth-order valence-electron chi connectivity index (χ4n) is 1.49. The molecule has 0 unspecified atom stereocenters. The van der Waals surface area contributed by atoms with Gasteiger partial charge in [0.25, 0.3) is 0 Å². The van der Waals surface area contributed by atoms with Gasteiger partial charge in [-0.3, -0.25) is 9.20 Å². The van der Waals surface area contributed by atoms with Crippen molar-refractivity contribution in [1.29, 1.82) is 0 Å². The molecule has 2 aromatic rings. The number of halogens is 1. The van der Waals surface area contributed by atoms with E-state index in [0.29, 0.717) is 6.42 Å². The van der Waals surface area contributed by atoms with E-state index < -0.39 is 0 Å². The van der Waals surface area contributed by atoms with E-state index in [2.05, 4.69) is 27.6 Å². The van der Waals surface area contributed by atoms with Crippen molar-refractivity contribution >= 4 is 34.0 Å². The van der Waals surface area contributed by atoms with Crippen LogP contribution in [-0.2, 0) is 0 Å². The first-order valence-corrected chi connectivity index (χ1v) is 5.96. The lowest BCUT2D eigenvalue weighted by Gasteiger charge is -2.00. The molecule has 0 radical (unpaired) electrons. The van der Waals surface area contributed by atoms with E-state index in [-0.39, 0.29) is 5.78 Å². The van der Waals surface area contributed by atoms with Crippen molar-refractivity contribution < 1.29 is 4.79 Å². The summed E-state index contributed by atoms with van der Waals surface area (Å²) in [5.74, 6) is 0.193. The lowest BCUT2D eigenvalue weighted by molar-refractivity contribution is 0.0981. The molecule has 0 atom stereocenters. The number of fused-ring (bicyclic) bond motifs is 1. The van der Waals surface area contributed by atoms with Crippen LogP contribution in [0.3, 0.4) is 0 Å². The van der Waals surface area contributed by atoms with Crippen molar-refractivity contribution in [2.24, 2.45) is 0 Å². The number of Topliss-reactive ketones (excluding diaryl/α,β-unsaturated/α-hetero) is 1. The van der Waals surface area contributed by atoms with E-state index >= 15 is 0 Å². The van der Waals surface area contributed by atoms with Gasteiger partial charge in [0.2, 0.25) is 0 Å². The number of rotatable bonds is 3. The van der Waals surface area contributed by atoms with E-state index in [1.165, 1.54) is 0 Å². The average Bonchev–Trinajstić information content (AvgIpc) is 2.60. The standard InChI is InChI=1S/C11H11IN2O/c1-2-3-9(15)8-4-5-14-10(12)7-13-11(14)6-8/h4-7H,2-3H2,1H3. The van der Waals surface area contributed by atoms with Crippen LogP contribution < -0.4 is 0 Å². The second kappa shape index (κ2) is 4.30. The van der Waals surface area contributed by atoms with E-state index in [0.717, 1.165) is 21.3 Å². The van der Waals surface area contributed by atoms with Crippen molar-refractivity contribution in [2.45, 2.75) is 19.8 Å². The Morgan fingerprint density at radius 1 is 1.60 bits per heavy atom. The summed E-state index contributed by atoms with van der Waals surface area (Å²) in [4.78, 5) is 15.9. The highest BCUT2D eigenvalue weighted by Crippen LogP contribution is 2.12. The lowest BCUT2D eigenvalue weighted by Crippen LogP contribution is -1.99. The maximum atomic E-state index is 11.7. The zero-order valence-corrected chi connectivity index (χ0v) is 10.6. The van der Waals surface area contributed by atoms with Crippen LogP contribution in [0.2, 0.25) is 0 Å². The molecule has 0 N–H and O–H groups in total. The first-order chi connectivity index (χ1) is 7.22. The van der Waals surface area contributed by atoms with Crippen LogP contribution in [0.4, 0.5) is 0 Å². The Labute approximate surface area is 102 Å². The van der Waals surface area contributed by atoms with Crippen LogP contribution in [0.15, 0.2) is 24.5 Å². The number of pyridine rings is 1. The molecule has 2 heterocycles. The van der Waals surface area contributed by atoms with Crippen LogP contribution >= 0.6 is 22.6 Å². The third-order valence-electron chi connectivity index (χ3n) is 2.27. The number of nitrogens with zero attached hydrogens (tertiary/aromatic N) is 2. The number of aromatic nitrogens is 2. The lowest BCUT2D eigenvalue weighted by atomic mass is 10.1. The minimum Gasteiger partial charge on any atom is -0.295 e. The largest absolute Gasteiger partial charge is 0.295 e. The Bertz CT molecular complexity index is 504. The Hall–Kier alpha value is -0.910. The topological polar surface area (TPSA) is 34.4 Å². The molecule has 0 aliphatic carbocycles. The number of carbonyl (C=O) groups excluding carboxylic acids is 1. The predicted octanol–water partition coefficient (Wildman–Crippen LogP) is 2.92. The van der Waals surface area contributed by atoms with Crippen LogP contribution in [0.25, 0.3) is 5.65 Å². The molecular formula is C11H11IN2O. The molecule has 0 spiro atoms. The van der Waals surface area contributed by atoms with Gasteiger partial charge < -0.3 is 0 Å². The van der Waals surface area contributed by atoms with Gasteiger partial charge in [-0.15, -0.1) is 0 Å². The van der Waals surface area contributed by atoms with Gasteiger partial charge in [0.15, 0.2) is 5.78 Å². The molecule has 78 valence electrons. The van der Waals surface area contributed by atoms with Crippen molar-refractivity contribution in [2.75, 3.05) is 0 Å². The fraction of sp³-hybridized carbons (Fsp3) is 0.273. The van der Waals surface area contributed by atoms with Gasteiger partial charge in [-0.25, -0.2) is 4.98 Å². The summed E-state index contributed by atoms with van der Waals surface area (Å²) in [5.41, 5.74) is 1.59. The number of imidazole rings is 1. The highest BCUT2D eigenvalue weighted by Gasteiger charge is 2.07. The van der Waals surface area contributed by atoms with E-state index in [4.69, 9.17) is 0 Å². The first kappa shape index (κ1) is 10.6.